The van der Waals surface area contributed by atoms with Gasteiger partial charge in [-0.25, -0.2) is 19.7 Å². The molecule has 1 aliphatic heterocycles. The van der Waals surface area contributed by atoms with E-state index < -0.39 is 5.97 Å². The molecule has 0 fully saturated rings. The highest BCUT2D eigenvalue weighted by molar-refractivity contribution is 6.32. The number of rotatable bonds is 5. The van der Waals surface area contributed by atoms with Crippen LogP contribution in [-0.4, -0.2) is 38.9 Å². The van der Waals surface area contributed by atoms with E-state index in [-0.39, 0.29) is 13.4 Å². The summed E-state index contributed by atoms with van der Waals surface area (Å²) in [6.07, 6.45) is 3.60. The second-order valence-corrected chi connectivity index (χ2v) is 5.96. The highest BCUT2D eigenvalue weighted by Gasteiger charge is 2.21. The van der Waals surface area contributed by atoms with Crippen molar-refractivity contribution in [3.63, 3.8) is 0 Å². The zero-order valence-electron chi connectivity index (χ0n) is 13.5. The molecule has 0 saturated carbocycles. The highest BCUT2D eigenvalue weighted by atomic mass is 35.5. The topological polar surface area (TPSA) is 114 Å². The van der Waals surface area contributed by atoms with E-state index in [1.54, 1.807) is 12.4 Å². The van der Waals surface area contributed by atoms with E-state index in [4.69, 9.17) is 31.5 Å². The van der Waals surface area contributed by atoms with Gasteiger partial charge in [0.2, 0.25) is 6.79 Å². The third kappa shape index (κ3) is 2.97. The van der Waals surface area contributed by atoms with Crippen LogP contribution in [-0.2, 0) is 11.3 Å². The van der Waals surface area contributed by atoms with Crippen LogP contribution in [0.4, 0.5) is 5.82 Å². The van der Waals surface area contributed by atoms with Crippen molar-refractivity contribution in [3.8, 4) is 11.5 Å². The Morgan fingerprint density at radius 3 is 3.08 bits per heavy atom. The van der Waals surface area contributed by atoms with Gasteiger partial charge in [-0.2, -0.15) is 0 Å². The lowest BCUT2D eigenvalue weighted by molar-refractivity contribution is 0.0496. The Morgan fingerprint density at radius 2 is 2.19 bits per heavy atom. The summed E-state index contributed by atoms with van der Waals surface area (Å²) in [5, 5.41) is 0.314. The van der Waals surface area contributed by atoms with Gasteiger partial charge in [-0.05, 0) is 18.6 Å². The first-order chi connectivity index (χ1) is 12.6. The van der Waals surface area contributed by atoms with Crippen LogP contribution in [0.25, 0.3) is 11.2 Å². The van der Waals surface area contributed by atoms with Crippen molar-refractivity contribution in [3.05, 3.63) is 35.4 Å². The molecule has 1 aromatic carbocycles. The van der Waals surface area contributed by atoms with Gasteiger partial charge in [-0.15, -0.1) is 0 Å². The second-order valence-electron chi connectivity index (χ2n) is 5.55. The van der Waals surface area contributed by atoms with Crippen molar-refractivity contribution in [1.29, 1.82) is 0 Å². The first-order valence-corrected chi connectivity index (χ1v) is 8.19. The Labute approximate surface area is 152 Å². The number of nitrogen functional groups attached to an aromatic ring is 1. The van der Waals surface area contributed by atoms with Crippen molar-refractivity contribution in [2.24, 2.45) is 0 Å². The lowest BCUT2D eigenvalue weighted by Crippen LogP contribution is -2.09. The van der Waals surface area contributed by atoms with Crippen LogP contribution in [0.1, 0.15) is 16.8 Å². The summed E-state index contributed by atoms with van der Waals surface area (Å²) in [7, 11) is 0. The van der Waals surface area contributed by atoms with Crippen molar-refractivity contribution in [2.75, 3.05) is 19.1 Å². The molecule has 1 aliphatic rings. The summed E-state index contributed by atoms with van der Waals surface area (Å²) in [6.45, 7) is 0.883. The minimum absolute atomic E-state index is 0.0838. The van der Waals surface area contributed by atoms with Gasteiger partial charge in [0.15, 0.2) is 23.0 Å². The number of benzene rings is 1. The number of nitrogens with zero attached hydrogens (tertiary/aromatic N) is 4. The van der Waals surface area contributed by atoms with E-state index in [2.05, 4.69) is 15.0 Å². The van der Waals surface area contributed by atoms with E-state index in [0.29, 0.717) is 52.0 Å². The number of imidazole rings is 1. The number of aromatic nitrogens is 4. The molecule has 26 heavy (non-hydrogen) atoms. The molecule has 2 N–H and O–H groups in total. The van der Waals surface area contributed by atoms with E-state index in [1.807, 2.05) is 4.57 Å². The first-order valence-electron chi connectivity index (χ1n) is 7.81. The predicted molar refractivity (Wildman–Crippen MR) is 92.2 cm³/mol. The van der Waals surface area contributed by atoms with Gasteiger partial charge in [0.1, 0.15) is 11.8 Å². The molecular formula is C16H14ClN5O4. The molecular weight excluding hydrogens is 362 g/mol. The van der Waals surface area contributed by atoms with E-state index in [0.717, 1.165) is 0 Å². The molecule has 0 aliphatic carbocycles. The van der Waals surface area contributed by atoms with Crippen LogP contribution >= 0.6 is 11.6 Å². The summed E-state index contributed by atoms with van der Waals surface area (Å²) in [4.78, 5) is 24.4. The van der Waals surface area contributed by atoms with Gasteiger partial charge < -0.3 is 24.5 Å². The molecule has 0 amide bonds. The second kappa shape index (κ2) is 6.68. The maximum atomic E-state index is 12.2. The third-order valence-corrected chi connectivity index (χ3v) is 4.15. The van der Waals surface area contributed by atoms with Crippen LogP contribution < -0.4 is 15.2 Å². The third-order valence-electron chi connectivity index (χ3n) is 3.87. The Hall–Kier alpha value is -3.07. The molecule has 3 heterocycles. The smallest absolute Gasteiger partial charge is 0.338 e. The van der Waals surface area contributed by atoms with Gasteiger partial charge in [0.05, 0.1) is 23.5 Å². The summed E-state index contributed by atoms with van der Waals surface area (Å²) in [5.41, 5.74) is 7.27. The van der Waals surface area contributed by atoms with Crippen molar-refractivity contribution in [2.45, 2.75) is 13.0 Å². The normalized spacial score (nSPS) is 12.5. The number of anilines is 1. The fourth-order valence-corrected chi connectivity index (χ4v) is 2.90. The average Bonchev–Trinajstić information content (AvgIpc) is 3.26. The van der Waals surface area contributed by atoms with E-state index >= 15 is 0 Å². The van der Waals surface area contributed by atoms with Gasteiger partial charge in [-0.3, -0.25) is 0 Å². The number of esters is 1. The van der Waals surface area contributed by atoms with Crippen LogP contribution in [0.2, 0.25) is 5.02 Å². The SMILES string of the molecule is Nc1ncnc2c1ncn2CCCOC(=O)c1cc(Cl)c2c(c1)OCO2. The standard InChI is InChI=1S/C16H14ClN5O4/c17-10-4-9(5-11-13(10)26-8-25-11)16(23)24-3-1-2-22-7-21-12-14(18)19-6-20-15(12)22/h4-7H,1-3,8H2,(H2,18,19,20). The summed E-state index contributed by atoms with van der Waals surface area (Å²) in [6, 6.07) is 3.06. The zero-order chi connectivity index (χ0) is 18.1. The van der Waals surface area contributed by atoms with Crippen LogP contribution in [0, 0.1) is 0 Å². The number of hydrogen-bond donors (Lipinski definition) is 1. The van der Waals surface area contributed by atoms with Crippen LogP contribution in [0.3, 0.4) is 0 Å². The minimum atomic E-state index is -0.479. The zero-order valence-corrected chi connectivity index (χ0v) is 14.3. The van der Waals surface area contributed by atoms with E-state index in [1.165, 1.54) is 12.4 Å². The molecule has 2 aromatic heterocycles. The number of fused-ring (bicyclic) bond motifs is 2. The fourth-order valence-electron chi connectivity index (χ4n) is 2.63. The van der Waals surface area contributed by atoms with Gasteiger partial charge in [0.25, 0.3) is 0 Å². The number of carbonyl (C=O) groups excluding carboxylic acids is 1. The molecule has 9 nitrogen and oxygen atoms in total. The maximum Gasteiger partial charge on any atom is 0.338 e. The Bertz CT molecular complexity index is 990. The quantitative estimate of drug-likeness (QED) is 0.532. The predicted octanol–water partition coefficient (Wildman–Crippen LogP) is 2.04. The molecule has 134 valence electrons. The number of ether oxygens (including phenoxy) is 3. The van der Waals surface area contributed by atoms with Gasteiger partial charge in [0, 0.05) is 6.54 Å². The maximum absolute atomic E-state index is 12.2. The average molecular weight is 376 g/mol. The van der Waals surface area contributed by atoms with Crippen LogP contribution in [0.5, 0.6) is 11.5 Å². The lowest BCUT2D eigenvalue weighted by atomic mass is 10.2. The highest BCUT2D eigenvalue weighted by Crippen LogP contribution is 2.39. The summed E-state index contributed by atoms with van der Waals surface area (Å²) in [5.74, 6) is 0.732. The molecule has 0 atom stereocenters. The molecule has 10 heteroatoms. The largest absolute Gasteiger partial charge is 0.462 e. The molecule has 0 unspecified atom stereocenters. The fraction of sp³-hybridized carbons (Fsp3) is 0.250. The summed E-state index contributed by atoms with van der Waals surface area (Å²) >= 11 is 6.07. The van der Waals surface area contributed by atoms with Crippen molar-refractivity contribution < 1.29 is 19.0 Å². The van der Waals surface area contributed by atoms with Gasteiger partial charge >= 0.3 is 5.97 Å². The molecule has 0 spiro atoms. The van der Waals surface area contributed by atoms with E-state index in [9.17, 15) is 4.79 Å². The molecule has 0 saturated heterocycles. The number of hydrogen-bond acceptors (Lipinski definition) is 8. The molecule has 3 aromatic rings. The Kier molecular flexibility index (Phi) is 4.21. The number of carbonyl (C=O) groups is 1. The van der Waals surface area contributed by atoms with Crippen LogP contribution in [0.15, 0.2) is 24.8 Å². The number of halogens is 1. The summed E-state index contributed by atoms with van der Waals surface area (Å²) < 4.78 is 17.6. The van der Waals surface area contributed by atoms with Crippen molar-refractivity contribution >= 4 is 34.6 Å². The minimum Gasteiger partial charge on any atom is -0.462 e. The van der Waals surface area contributed by atoms with Crippen molar-refractivity contribution in [1.82, 2.24) is 19.5 Å². The molecule has 0 bridgehead atoms. The van der Waals surface area contributed by atoms with Gasteiger partial charge in [-0.1, -0.05) is 11.6 Å². The number of aryl methyl sites for hydroxylation is 1. The Balaban J connectivity index is 1.35. The molecule has 0 radical (unpaired) electrons. The number of nitrogens with two attached hydrogens (primary N) is 1. The Morgan fingerprint density at radius 1 is 1.31 bits per heavy atom. The first kappa shape index (κ1) is 16.4. The monoisotopic (exact) mass is 375 g/mol. The molecule has 4 rings (SSSR count). The lowest BCUT2D eigenvalue weighted by Gasteiger charge is -2.07.